The lowest BCUT2D eigenvalue weighted by molar-refractivity contribution is -0.146. The lowest BCUT2D eigenvalue weighted by atomic mass is 9.89. The van der Waals surface area contributed by atoms with E-state index < -0.39 is 11.8 Å². The van der Waals surface area contributed by atoms with Crippen LogP contribution in [0.1, 0.15) is 42.8 Å². The average molecular weight is 516 g/mol. The summed E-state index contributed by atoms with van der Waals surface area (Å²) in [6.45, 7) is 4.64. The molecule has 1 aromatic carbocycles. The number of pyridine rings is 1. The molecule has 9 nitrogen and oxygen atoms in total. The monoisotopic (exact) mass is 515 g/mol. The summed E-state index contributed by atoms with van der Waals surface area (Å²) in [5.41, 5.74) is 4.36. The highest BCUT2D eigenvalue weighted by Gasteiger charge is 2.34. The lowest BCUT2D eigenvalue weighted by Gasteiger charge is -2.38. The molecule has 0 radical (unpaired) electrons. The van der Waals surface area contributed by atoms with Crippen molar-refractivity contribution in [2.75, 3.05) is 32.0 Å². The number of likely N-dealkylation sites (tertiary alicyclic amines) is 1. The van der Waals surface area contributed by atoms with E-state index >= 15 is 0 Å². The molecule has 6 rings (SSSR count). The van der Waals surface area contributed by atoms with Crippen LogP contribution in [-0.2, 0) is 9.59 Å². The van der Waals surface area contributed by atoms with Crippen LogP contribution in [0.5, 0.6) is 0 Å². The molecule has 3 aromatic heterocycles. The number of anilines is 1. The maximum atomic E-state index is 13.4. The average Bonchev–Trinajstić information content (AvgIpc) is 3.56. The third-order valence-electron chi connectivity index (χ3n) is 7.36. The fraction of sp³-hybridized carbons (Fsp3) is 0.370. The zero-order chi connectivity index (χ0) is 25.5. The number of aromatic nitrogens is 4. The topological polar surface area (TPSA) is 107 Å². The van der Waals surface area contributed by atoms with Gasteiger partial charge in [0.1, 0.15) is 5.01 Å². The van der Waals surface area contributed by atoms with Gasteiger partial charge >= 0.3 is 11.8 Å². The lowest BCUT2D eigenvalue weighted by Crippen LogP contribution is -2.46. The number of piperidine rings is 1. The molecule has 10 heteroatoms. The molecule has 2 aliphatic rings. The molecule has 0 bridgehead atoms. The first-order valence-electron chi connectivity index (χ1n) is 12.6. The molecule has 2 amide bonds. The van der Waals surface area contributed by atoms with Crippen molar-refractivity contribution in [1.29, 1.82) is 0 Å². The van der Waals surface area contributed by atoms with E-state index in [-0.39, 0.29) is 6.04 Å². The van der Waals surface area contributed by atoms with Gasteiger partial charge in [-0.25, -0.2) is 4.98 Å². The maximum absolute atomic E-state index is 13.4. The summed E-state index contributed by atoms with van der Waals surface area (Å²) < 4.78 is 1.14. The molecular formula is C27H29N7O2S. The van der Waals surface area contributed by atoms with Crippen LogP contribution in [0.3, 0.4) is 0 Å². The third-order valence-corrected chi connectivity index (χ3v) is 8.47. The van der Waals surface area contributed by atoms with Crippen molar-refractivity contribution in [3.05, 3.63) is 53.4 Å². The van der Waals surface area contributed by atoms with Crippen LogP contribution < -0.4 is 5.32 Å². The van der Waals surface area contributed by atoms with E-state index in [4.69, 9.17) is 4.98 Å². The van der Waals surface area contributed by atoms with Crippen molar-refractivity contribution in [2.45, 2.75) is 32.2 Å². The molecule has 0 unspecified atom stereocenters. The standard InChI is InChI=1S/C27H29N7O2S/c1-16-3-5-22(18-4-6-23-20(11-18)31-26(37-23)17-7-9-33(2)10-8-17)34(15-16)27(36)25(35)30-21-14-28-12-19-13-29-32-24(19)21/h4,6-7,11-14,16,22H,3,5,8-10,15H2,1-2H3,(H,29,32)(H,30,35)/t16-,22+/m0/s1. The van der Waals surface area contributed by atoms with Gasteiger partial charge in [-0.3, -0.25) is 19.7 Å². The first kappa shape index (κ1) is 23.7. The molecule has 190 valence electrons. The summed E-state index contributed by atoms with van der Waals surface area (Å²) in [4.78, 5) is 39.6. The Morgan fingerprint density at radius 3 is 2.92 bits per heavy atom. The number of nitrogens with one attached hydrogen (secondary N) is 2. The molecule has 5 heterocycles. The van der Waals surface area contributed by atoms with Crippen LogP contribution in [0, 0.1) is 5.92 Å². The van der Waals surface area contributed by atoms with Gasteiger partial charge in [-0.15, -0.1) is 11.3 Å². The number of H-pyrrole nitrogens is 1. The SMILES string of the molecule is C[C@H]1CC[C@H](c2ccc3sc(C4=CCN(C)CC4)nc3c2)N(C(=O)C(=O)Nc2cncc3cn[nH]c23)C1. The second-order valence-corrected chi connectivity index (χ2v) is 11.1. The second kappa shape index (κ2) is 9.68. The Kier molecular flexibility index (Phi) is 6.21. The minimum atomic E-state index is -0.672. The highest BCUT2D eigenvalue weighted by Crippen LogP contribution is 2.37. The number of likely N-dealkylation sites (N-methyl/N-ethyl adjacent to an activating group) is 1. The van der Waals surface area contributed by atoms with E-state index in [1.807, 2.05) is 0 Å². The van der Waals surface area contributed by atoms with Gasteiger partial charge in [0.05, 0.1) is 39.9 Å². The molecule has 0 aliphatic carbocycles. The number of fused-ring (bicyclic) bond motifs is 2. The Hall–Kier alpha value is -3.63. The maximum Gasteiger partial charge on any atom is 0.314 e. The number of aromatic amines is 1. The number of hydrogen-bond donors (Lipinski definition) is 2. The van der Waals surface area contributed by atoms with Crippen molar-refractivity contribution in [2.24, 2.45) is 5.92 Å². The Balaban J connectivity index is 1.26. The van der Waals surface area contributed by atoms with E-state index in [0.717, 1.165) is 58.5 Å². The number of hydrogen-bond acceptors (Lipinski definition) is 7. The zero-order valence-corrected chi connectivity index (χ0v) is 21.7. The number of rotatable bonds is 3. The largest absolute Gasteiger partial charge is 0.327 e. The van der Waals surface area contributed by atoms with Crippen LogP contribution in [0.25, 0.3) is 26.7 Å². The Morgan fingerprint density at radius 2 is 2.08 bits per heavy atom. The smallest absolute Gasteiger partial charge is 0.314 e. The van der Waals surface area contributed by atoms with Crippen LogP contribution in [0.15, 0.2) is 42.9 Å². The highest BCUT2D eigenvalue weighted by molar-refractivity contribution is 7.19. The van der Waals surface area contributed by atoms with Crippen LogP contribution in [0.4, 0.5) is 5.69 Å². The van der Waals surface area contributed by atoms with Gasteiger partial charge in [0.25, 0.3) is 0 Å². The highest BCUT2D eigenvalue weighted by atomic mass is 32.1. The summed E-state index contributed by atoms with van der Waals surface area (Å²) in [6.07, 6.45) is 9.88. The van der Waals surface area contributed by atoms with E-state index in [9.17, 15) is 9.59 Å². The van der Waals surface area contributed by atoms with Gasteiger partial charge in [0.15, 0.2) is 0 Å². The van der Waals surface area contributed by atoms with E-state index in [1.165, 1.54) is 11.8 Å². The molecule has 0 spiro atoms. The number of carbonyl (C=O) groups is 2. The zero-order valence-electron chi connectivity index (χ0n) is 20.9. The summed E-state index contributed by atoms with van der Waals surface area (Å²) in [7, 11) is 2.13. The molecule has 1 fully saturated rings. The quantitative estimate of drug-likeness (QED) is 0.396. The minimum Gasteiger partial charge on any atom is -0.327 e. The number of carbonyl (C=O) groups excluding carboxylic acids is 2. The molecule has 4 aromatic rings. The molecule has 2 atom stereocenters. The third kappa shape index (κ3) is 4.62. The van der Waals surface area contributed by atoms with Crippen LogP contribution in [-0.4, -0.2) is 68.5 Å². The van der Waals surface area contributed by atoms with Crippen molar-refractivity contribution in [3.8, 4) is 0 Å². The van der Waals surface area contributed by atoms with E-state index in [1.54, 1.807) is 28.6 Å². The van der Waals surface area contributed by atoms with Gasteiger partial charge in [-0.05, 0) is 55.5 Å². The van der Waals surface area contributed by atoms with Gasteiger partial charge in [-0.1, -0.05) is 19.1 Å². The Morgan fingerprint density at radius 1 is 1.19 bits per heavy atom. The van der Waals surface area contributed by atoms with Gasteiger partial charge in [0.2, 0.25) is 0 Å². The fourth-order valence-electron chi connectivity index (χ4n) is 5.24. The Bertz CT molecular complexity index is 1520. The predicted molar refractivity (Wildman–Crippen MR) is 145 cm³/mol. The summed E-state index contributed by atoms with van der Waals surface area (Å²) >= 11 is 1.72. The summed E-state index contributed by atoms with van der Waals surface area (Å²) in [6, 6.07) is 6.11. The molecule has 0 saturated carbocycles. The van der Waals surface area contributed by atoms with Gasteiger partial charge < -0.3 is 15.1 Å². The fourth-order valence-corrected chi connectivity index (χ4v) is 6.26. The second-order valence-electron chi connectivity index (χ2n) is 10.1. The predicted octanol–water partition coefficient (Wildman–Crippen LogP) is 4.22. The normalized spacial score (nSPS) is 20.8. The van der Waals surface area contributed by atoms with Crippen LogP contribution >= 0.6 is 11.3 Å². The van der Waals surface area contributed by atoms with Gasteiger partial charge in [0, 0.05) is 31.2 Å². The summed E-state index contributed by atoms with van der Waals surface area (Å²) in [5, 5.41) is 11.4. The summed E-state index contributed by atoms with van der Waals surface area (Å²) in [5.74, 6) is -0.894. The first-order chi connectivity index (χ1) is 18.0. The van der Waals surface area contributed by atoms with Gasteiger partial charge in [-0.2, -0.15) is 5.10 Å². The van der Waals surface area contributed by atoms with E-state index in [0.29, 0.717) is 23.7 Å². The molecule has 2 N–H and O–H groups in total. The number of amides is 2. The minimum absolute atomic E-state index is 0.174. The number of benzene rings is 1. The van der Waals surface area contributed by atoms with Crippen molar-refractivity contribution >= 4 is 55.5 Å². The first-order valence-corrected chi connectivity index (χ1v) is 13.5. The van der Waals surface area contributed by atoms with Crippen LogP contribution in [0.2, 0.25) is 0 Å². The van der Waals surface area contributed by atoms with Crippen molar-refractivity contribution in [3.63, 3.8) is 0 Å². The molecule has 1 saturated heterocycles. The molecule has 37 heavy (non-hydrogen) atoms. The van der Waals surface area contributed by atoms with E-state index in [2.05, 4.69) is 63.6 Å². The Labute approximate surface area is 218 Å². The molecular weight excluding hydrogens is 486 g/mol. The number of thiazole rings is 1. The molecule has 2 aliphatic heterocycles. The van der Waals surface area contributed by atoms with Crippen molar-refractivity contribution in [1.82, 2.24) is 30.0 Å². The van der Waals surface area contributed by atoms with Crippen molar-refractivity contribution < 1.29 is 9.59 Å². The number of nitrogens with zero attached hydrogens (tertiary/aromatic N) is 5.